The zero-order valence-electron chi connectivity index (χ0n) is 27.1. The van der Waals surface area contributed by atoms with Gasteiger partial charge in [-0.05, 0) is 67.8 Å². The second kappa shape index (κ2) is 19.8. The highest BCUT2D eigenvalue weighted by molar-refractivity contribution is 5.68. The number of hydrogen-bond acceptors (Lipinski definition) is 7. The van der Waals surface area contributed by atoms with E-state index >= 15 is 0 Å². The molecule has 2 aromatic rings. The third kappa shape index (κ3) is 13.7. The number of carbonyl (C=O) groups is 1. The van der Waals surface area contributed by atoms with E-state index in [9.17, 15) is 4.79 Å². The Balaban J connectivity index is 1.73. The molecule has 2 unspecified atom stereocenters. The van der Waals surface area contributed by atoms with E-state index in [0.29, 0.717) is 52.5 Å². The van der Waals surface area contributed by atoms with E-state index in [2.05, 4.69) is 51.6 Å². The summed E-state index contributed by atoms with van der Waals surface area (Å²) in [5, 5.41) is 0. The van der Waals surface area contributed by atoms with Crippen LogP contribution in [0.2, 0.25) is 0 Å². The quantitative estimate of drug-likeness (QED) is 0.0594. The smallest absolute Gasteiger partial charge is 0.305 e. The minimum absolute atomic E-state index is 0.0199. The maximum atomic E-state index is 11.2. The third-order valence-electron chi connectivity index (χ3n) is 6.93. The molecule has 0 N–H and O–H groups in total. The molecular weight excluding hydrogens is 544 g/mol. The summed E-state index contributed by atoms with van der Waals surface area (Å²) in [4.78, 5) is 11.2. The Bertz CT molecular complexity index is 1090. The number of esters is 1. The van der Waals surface area contributed by atoms with Gasteiger partial charge in [-0.1, -0.05) is 58.5 Å². The SMILES string of the molecule is C=C/C(=C\CC)OCCCOC(C)COc1ccc(C(C)(C)c2ccc(OCC(C)OCCCOC(=O)CC)cc2)cc1. The van der Waals surface area contributed by atoms with Crippen molar-refractivity contribution in [3.8, 4) is 11.5 Å². The van der Waals surface area contributed by atoms with E-state index in [1.54, 1.807) is 13.0 Å². The van der Waals surface area contributed by atoms with Crippen molar-refractivity contribution in [2.45, 2.75) is 84.8 Å². The molecule has 0 fully saturated rings. The molecule has 0 spiro atoms. The van der Waals surface area contributed by atoms with Crippen LogP contribution >= 0.6 is 0 Å². The van der Waals surface area contributed by atoms with Gasteiger partial charge in [0.05, 0.1) is 38.6 Å². The van der Waals surface area contributed by atoms with Crippen molar-refractivity contribution in [2.75, 3.05) is 39.6 Å². The number of allylic oxidation sites excluding steroid dienone is 2. The van der Waals surface area contributed by atoms with E-state index in [-0.39, 0.29) is 23.6 Å². The molecule has 0 amide bonds. The number of hydrogen-bond donors (Lipinski definition) is 0. The molecule has 238 valence electrons. The van der Waals surface area contributed by atoms with Gasteiger partial charge in [-0.3, -0.25) is 4.79 Å². The van der Waals surface area contributed by atoms with Gasteiger partial charge in [0, 0.05) is 24.7 Å². The summed E-state index contributed by atoms with van der Waals surface area (Å²) in [5.41, 5.74) is 2.20. The largest absolute Gasteiger partial charge is 0.494 e. The Labute approximate surface area is 259 Å². The lowest BCUT2D eigenvalue weighted by molar-refractivity contribution is -0.143. The second-order valence-corrected chi connectivity index (χ2v) is 11.0. The van der Waals surface area contributed by atoms with Crippen molar-refractivity contribution in [2.24, 2.45) is 0 Å². The van der Waals surface area contributed by atoms with E-state index in [1.165, 1.54) is 11.1 Å². The molecule has 2 rings (SSSR count). The van der Waals surface area contributed by atoms with Crippen molar-refractivity contribution in [3.63, 3.8) is 0 Å². The number of ether oxygens (including phenoxy) is 6. The number of carbonyl (C=O) groups excluding carboxylic acids is 1. The lowest BCUT2D eigenvalue weighted by Crippen LogP contribution is -2.20. The fourth-order valence-corrected chi connectivity index (χ4v) is 4.19. The van der Waals surface area contributed by atoms with Crippen LogP contribution in [0.15, 0.2) is 73.0 Å². The Morgan fingerprint density at radius 3 is 1.65 bits per heavy atom. The molecule has 0 saturated heterocycles. The molecule has 0 saturated carbocycles. The van der Waals surface area contributed by atoms with Gasteiger partial charge in [0.1, 0.15) is 30.5 Å². The van der Waals surface area contributed by atoms with Gasteiger partial charge >= 0.3 is 5.97 Å². The maximum Gasteiger partial charge on any atom is 0.305 e. The van der Waals surface area contributed by atoms with Gasteiger partial charge in [-0.2, -0.15) is 0 Å². The fourth-order valence-electron chi connectivity index (χ4n) is 4.19. The Kier molecular flexibility index (Phi) is 16.5. The highest BCUT2D eigenvalue weighted by atomic mass is 16.5. The summed E-state index contributed by atoms with van der Waals surface area (Å²) in [6.45, 7) is 19.1. The topological polar surface area (TPSA) is 72.5 Å². The van der Waals surface area contributed by atoms with Crippen molar-refractivity contribution in [1.29, 1.82) is 0 Å². The molecule has 0 aliphatic heterocycles. The van der Waals surface area contributed by atoms with Crippen molar-refractivity contribution < 1.29 is 33.2 Å². The maximum absolute atomic E-state index is 11.2. The van der Waals surface area contributed by atoms with Crippen molar-refractivity contribution >= 4 is 5.97 Å². The van der Waals surface area contributed by atoms with Crippen molar-refractivity contribution in [3.05, 3.63) is 84.1 Å². The van der Waals surface area contributed by atoms with Gasteiger partial charge in [0.2, 0.25) is 0 Å². The van der Waals surface area contributed by atoms with E-state index < -0.39 is 0 Å². The van der Waals surface area contributed by atoms with Gasteiger partial charge in [-0.15, -0.1) is 0 Å². The molecular formula is C36H52O7. The molecule has 2 aromatic carbocycles. The predicted octanol–water partition coefficient (Wildman–Crippen LogP) is 7.81. The monoisotopic (exact) mass is 596 g/mol. The van der Waals surface area contributed by atoms with Crippen LogP contribution in [0.1, 0.15) is 78.4 Å². The summed E-state index contributed by atoms with van der Waals surface area (Å²) in [6.07, 6.45) is 6.47. The van der Waals surface area contributed by atoms with Gasteiger partial charge in [0.25, 0.3) is 0 Å². The summed E-state index contributed by atoms with van der Waals surface area (Å²) in [6, 6.07) is 16.5. The molecule has 0 radical (unpaired) electrons. The molecule has 7 nitrogen and oxygen atoms in total. The zero-order chi connectivity index (χ0) is 31.5. The Morgan fingerprint density at radius 2 is 1.23 bits per heavy atom. The molecule has 7 heteroatoms. The molecule has 0 aliphatic rings. The van der Waals surface area contributed by atoms with Crippen LogP contribution in [0.3, 0.4) is 0 Å². The van der Waals surface area contributed by atoms with Crippen LogP contribution < -0.4 is 9.47 Å². The van der Waals surface area contributed by atoms with E-state index in [4.69, 9.17) is 28.4 Å². The Hall–Kier alpha value is -3.29. The van der Waals surface area contributed by atoms with E-state index in [0.717, 1.165) is 30.1 Å². The zero-order valence-corrected chi connectivity index (χ0v) is 27.1. The number of benzene rings is 2. The predicted molar refractivity (Wildman–Crippen MR) is 172 cm³/mol. The third-order valence-corrected chi connectivity index (χ3v) is 6.93. The first-order chi connectivity index (χ1) is 20.7. The minimum atomic E-state index is -0.190. The van der Waals surface area contributed by atoms with Gasteiger partial charge in [0.15, 0.2) is 0 Å². The first-order valence-corrected chi connectivity index (χ1v) is 15.5. The molecule has 0 aliphatic carbocycles. The molecule has 0 bridgehead atoms. The minimum Gasteiger partial charge on any atom is -0.494 e. The van der Waals surface area contributed by atoms with Crippen LogP contribution in [-0.4, -0.2) is 57.8 Å². The highest BCUT2D eigenvalue weighted by Gasteiger charge is 2.23. The lowest BCUT2D eigenvalue weighted by Gasteiger charge is -2.26. The first-order valence-electron chi connectivity index (χ1n) is 15.5. The average Bonchev–Trinajstić information content (AvgIpc) is 3.02. The van der Waals surface area contributed by atoms with Crippen LogP contribution in [0.4, 0.5) is 0 Å². The number of rotatable bonds is 22. The summed E-state index contributed by atoms with van der Waals surface area (Å²) < 4.78 is 34.3. The van der Waals surface area contributed by atoms with Gasteiger partial charge < -0.3 is 28.4 Å². The van der Waals surface area contributed by atoms with Crippen LogP contribution in [0, 0.1) is 0 Å². The lowest BCUT2D eigenvalue weighted by atomic mass is 9.78. The van der Waals surface area contributed by atoms with E-state index in [1.807, 2.05) is 44.2 Å². The van der Waals surface area contributed by atoms with Crippen molar-refractivity contribution in [1.82, 2.24) is 0 Å². The highest BCUT2D eigenvalue weighted by Crippen LogP contribution is 2.33. The fraction of sp³-hybridized carbons (Fsp3) is 0.528. The summed E-state index contributed by atoms with van der Waals surface area (Å²) in [5.74, 6) is 2.26. The second-order valence-electron chi connectivity index (χ2n) is 11.0. The van der Waals surface area contributed by atoms with Crippen LogP contribution in [0.25, 0.3) is 0 Å². The molecule has 0 heterocycles. The van der Waals surface area contributed by atoms with Gasteiger partial charge in [-0.25, -0.2) is 0 Å². The summed E-state index contributed by atoms with van der Waals surface area (Å²) in [7, 11) is 0. The Morgan fingerprint density at radius 1 is 0.767 bits per heavy atom. The van der Waals surface area contributed by atoms with Crippen LogP contribution in [0.5, 0.6) is 11.5 Å². The van der Waals surface area contributed by atoms with Crippen LogP contribution in [-0.2, 0) is 29.2 Å². The first kappa shape index (κ1) is 35.9. The normalized spacial score (nSPS) is 13.2. The molecule has 0 aromatic heterocycles. The summed E-state index contributed by atoms with van der Waals surface area (Å²) >= 11 is 0. The molecule has 2 atom stereocenters. The average molecular weight is 597 g/mol. The molecule has 43 heavy (non-hydrogen) atoms. The standard InChI is InChI=1S/C36H52O7/c1-8-13-32(9-2)40-24-11-22-38-28(4)26-42-33-18-14-30(15-19-33)36(6,7)31-16-20-34(21-17-31)43-27-29(5)39-23-12-25-41-35(37)10-3/h9,13-21,28-29H,2,8,10-12,22-27H2,1,3-7H3/b32-13+.